The van der Waals surface area contributed by atoms with E-state index in [0.717, 1.165) is 38.6 Å². The molecule has 0 spiro atoms. The van der Waals surface area contributed by atoms with E-state index in [0.29, 0.717) is 6.54 Å². The minimum atomic E-state index is -0.452. The van der Waals surface area contributed by atoms with Gasteiger partial charge in [-0.1, -0.05) is 19.3 Å². The zero-order chi connectivity index (χ0) is 9.57. The summed E-state index contributed by atoms with van der Waals surface area (Å²) in [7, 11) is 0. The zero-order valence-corrected chi connectivity index (χ0v) is 8.18. The Morgan fingerprint density at radius 1 is 1.31 bits per heavy atom. The van der Waals surface area contributed by atoms with Gasteiger partial charge in [-0.15, -0.1) is 12.3 Å². The van der Waals surface area contributed by atoms with Crippen molar-refractivity contribution in [3.63, 3.8) is 0 Å². The third-order valence-corrected chi connectivity index (χ3v) is 2.68. The van der Waals surface area contributed by atoms with Crippen molar-refractivity contribution in [3.8, 4) is 12.3 Å². The van der Waals surface area contributed by atoms with Crippen LogP contribution in [0.2, 0.25) is 0 Å². The van der Waals surface area contributed by atoms with Crippen molar-refractivity contribution < 1.29 is 5.11 Å². The molecule has 0 heterocycles. The molecule has 1 saturated carbocycles. The van der Waals surface area contributed by atoms with Crippen LogP contribution in [-0.2, 0) is 0 Å². The molecule has 74 valence electrons. The number of hydrogen-bond donors (Lipinski definition) is 2. The van der Waals surface area contributed by atoms with E-state index in [9.17, 15) is 5.11 Å². The van der Waals surface area contributed by atoms with Crippen LogP contribution in [0.1, 0.15) is 38.5 Å². The fourth-order valence-corrected chi connectivity index (χ4v) is 1.87. The van der Waals surface area contributed by atoms with E-state index in [1.54, 1.807) is 0 Å². The Balaban J connectivity index is 2.14. The lowest BCUT2D eigenvalue weighted by atomic mass is 9.85. The third kappa shape index (κ3) is 3.80. The highest BCUT2D eigenvalue weighted by Crippen LogP contribution is 2.27. The Labute approximate surface area is 80.7 Å². The van der Waals surface area contributed by atoms with Crippen LogP contribution in [0.4, 0.5) is 0 Å². The van der Waals surface area contributed by atoms with Crippen LogP contribution in [0.25, 0.3) is 0 Å². The minimum Gasteiger partial charge on any atom is -0.389 e. The van der Waals surface area contributed by atoms with E-state index in [4.69, 9.17) is 6.42 Å². The van der Waals surface area contributed by atoms with Gasteiger partial charge < -0.3 is 10.4 Å². The molecule has 1 aliphatic carbocycles. The van der Waals surface area contributed by atoms with Gasteiger partial charge in [0.15, 0.2) is 0 Å². The maximum atomic E-state index is 10.1. The monoisotopic (exact) mass is 181 g/mol. The largest absolute Gasteiger partial charge is 0.389 e. The van der Waals surface area contributed by atoms with E-state index in [1.165, 1.54) is 6.42 Å². The lowest BCUT2D eigenvalue weighted by molar-refractivity contribution is 0.00524. The fourth-order valence-electron chi connectivity index (χ4n) is 1.87. The summed E-state index contributed by atoms with van der Waals surface area (Å²) in [5.74, 6) is 2.57. The Morgan fingerprint density at radius 3 is 2.62 bits per heavy atom. The third-order valence-electron chi connectivity index (χ3n) is 2.68. The Kier molecular flexibility index (Phi) is 4.27. The molecule has 13 heavy (non-hydrogen) atoms. The maximum Gasteiger partial charge on any atom is 0.0771 e. The van der Waals surface area contributed by atoms with Crippen molar-refractivity contribution in [2.75, 3.05) is 13.1 Å². The number of terminal acetylenes is 1. The maximum absolute atomic E-state index is 10.1. The standard InChI is InChI=1S/C11H19NO/c1-2-3-9-12-10-11(13)7-5-4-6-8-11/h1,12-13H,3-10H2. The summed E-state index contributed by atoms with van der Waals surface area (Å²) in [5.41, 5.74) is -0.452. The van der Waals surface area contributed by atoms with E-state index in [1.807, 2.05) is 0 Å². The number of rotatable bonds is 4. The summed E-state index contributed by atoms with van der Waals surface area (Å²) in [5, 5.41) is 13.3. The van der Waals surface area contributed by atoms with E-state index >= 15 is 0 Å². The molecule has 1 rings (SSSR count). The molecule has 2 nitrogen and oxygen atoms in total. The molecule has 1 aliphatic rings. The second-order valence-corrected chi connectivity index (χ2v) is 3.92. The molecule has 0 unspecified atom stereocenters. The summed E-state index contributed by atoms with van der Waals surface area (Å²) in [6.07, 6.45) is 11.3. The van der Waals surface area contributed by atoms with Crippen molar-refractivity contribution in [1.29, 1.82) is 0 Å². The van der Waals surface area contributed by atoms with Gasteiger partial charge in [-0.2, -0.15) is 0 Å². The summed E-state index contributed by atoms with van der Waals surface area (Å²) in [4.78, 5) is 0. The Bertz CT molecular complexity index is 177. The molecular weight excluding hydrogens is 162 g/mol. The summed E-state index contributed by atoms with van der Waals surface area (Å²) in [6, 6.07) is 0. The SMILES string of the molecule is C#CCCNCC1(O)CCCCC1. The molecule has 2 N–H and O–H groups in total. The van der Waals surface area contributed by atoms with Crippen LogP contribution in [0.3, 0.4) is 0 Å². The topological polar surface area (TPSA) is 32.3 Å². The van der Waals surface area contributed by atoms with Gasteiger partial charge in [-0.25, -0.2) is 0 Å². The molecule has 0 bridgehead atoms. The molecule has 0 radical (unpaired) electrons. The van der Waals surface area contributed by atoms with Gasteiger partial charge >= 0.3 is 0 Å². The smallest absolute Gasteiger partial charge is 0.0771 e. The quantitative estimate of drug-likeness (QED) is 0.506. The van der Waals surface area contributed by atoms with Crippen LogP contribution in [-0.4, -0.2) is 23.8 Å². The summed E-state index contributed by atoms with van der Waals surface area (Å²) in [6.45, 7) is 1.52. The second-order valence-electron chi connectivity index (χ2n) is 3.92. The van der Waals surface area contributed by atoms with Crippen LogP contribution < -0.4 is 5.32 Å². The van der Waals surface area contributed by atoms with Gasteiger partial charge in [0.05, 0.1) is 5.60 Å². The predicted molar refractivity (Wildman–Crippen MR) is 54.4 cm³/mol. The molecule has 2 heteroatoms. The first-order chi connectivity index (χ1) is 6.27. The van der Waals surface area contributed by atoms with Gasteiger partial charge in [-0.3, -0.25) is 0 Å². The fraction of sp³-hybridized carbons (Fsp3) is 0.818. The van der Waals surface area contributed by atoms with E-state index < -0.39 is 5.60 Å². The molecule has 0 aromatic rings. The molecule has 1 fully saturated rings. The molecular formula is C11H19NO. The van der Waals surface area contributed by atoms with Crippen LogP contribution in [0.15, 0.2) is 0 Å². The zero-order valence-electron chi connectivity index (χ0n) is 8.18. The summed E-state index contributed by atoms with van der Waals surface area (Å²) >= 11 is 0. The molecule has 0 saturated heterocycles. The molecule has 0 amide bonds. The van der Waals surface area contributed by atoms with Gasteiger partial charge in [0.1, 0.15) is 0 Å². The number of hydrogen-bond acceptors (Lipinski definition) is 2. The Hall–Kier alpha value is -0.520. The molecule has 0 aromatic heterocycles. The van der Waals surface area contributed by atoms with Crippen molar-refractivity contribution in [2.24, 2.45) is 0 Å². The average molecular weight is 181 g/mol. The van der Waals surface area contributed by atoms with Crippen molar-refractivity contribution in [1.82, 2.24) is 5.32 Å². The van der Waals surface area contributed by atoms with E-state index in [-0.39, 0.29) is 0 Å². The van der Waals surface area contributed by atoms with Crippen molar-refractivity contribution in [3.05, 3.63) is 0 Å². The normalized spacial score (nSPS) is 20.9. The van der Waals surface area contributed by atoms with Crippen molar-refractivity contribution >= 4 is 0 Å². The highest BCUT2D eigenvalue weighted by Gasteiger charge is 2.28. The van der Waals surface area contributed by atoms with Crippen LogP contribution in [0.5, 0.6) is 0 Å². The predicted octanol–water partition coefficient (Wildman–Crippen LogP) is 1.29. The summed E-state index contributed by atoms with van der Waals surface area (Å²) < 4.78 is 0. The lowest BCUT2D eigenvalue weighted by Gasteiger charge is -2.32. The minimum absolute atomic E-state index is 0.452. The average Bonchev–Trinajstić information content (AvgIpc) is 2.14. The van der Waals surface area contributed by atoms with Gasteiger partial charge in [0.25, 0.3) is 0 Å². The highest BCUT2D eigenvalue weighted by molar-refractivity contribution is 4.87. The Morgan fingerprint density at radius 2 is 2.00 bits per heavy atom. The molecule has 0 atom stereocenters. The van der Waals surface area contributed by atoms with Gasteiger partial charge in [-0.05, 0) is 12.8 Å². The first-order valence-corrected chi connectivity index (χ1v) is 5.13. The van der Waals surface area contributed by atoms with E-state index in [2.05, 4.69) is 11.2 Å². The second kappa shape index (κ2) is 5.26. The molecule has 0 aliphatic heterocycles. The van der Waals surface area contributed by atoms with Gasteiger partial charge in [0.2, 0.25) is 0 Å². The number of aliphatic hydroxyl groups is 1. The number of nitrogens with one attached hydrogen (secondary N) is 1. The first kappa shape index (κ1) is 10.6. The van der Waals surface area contributed by atoms with Crippen molar-refractivity contribution in [2.45, 2.75) is 44.1 Å². The lowest BCUT2D eigenvalue weighted by Crippen LogP contribution is -2.42. The first-order valence-electron chi connectivity index (χ1n) is 5.13. The van der Waals surface area contributed by atoms with Gasteiger partial charge in [0, 0.05) is 19.5 Å². The van der Waals surface area contributed by atoms with Crippen LogP contribution >= 0.6 is 0 Å². The highest BCUT2D eigenvalue weighted by atomic mass is 16.3. The molecule has 0 aromatic carbocycles. The van der Waals surface area contributed by atoms with Crippen LogP contribution in [0, 0.1) is 12.3 Å².